The smallest absolute Gasteiger partial charge is 0.234 e. The van der Waals surface area contributed by atoms with Crippen LogP contribution in [-0.2, 0) is 4.94 Å². The molecule has 1 aromatic carbocycles. The number of fused-ring (bicyclic) bond motifs is 1. The third-order valence-corrected chi connectivity index (χ3v) is 1.80. The quantitative estimate of drug-likeness (QED) is 0.482. The molecule has 0 saturated heterocycles. The molecule has 0 aromatic heterocycles. The lowest BCUT2D eigenvalue weighted by molar-refractivity contribution is -1.24. The van der Waals surface area contributed by atoms with Crippen LogP contribution < -0.4 is 10.5 Å². The van der Waals surface area contributed by atoms with Gasteiger partial charge < -0.3 is 10.4 Å². The van der Waals surface area contributed by atoms with E-state index in [-0.39, 0.29) is 0 Å². The fourth-order valence-corrected chi connectivity index (χ4v) is 1.20. The van der Waals surface area contributed by atoms with Crippen molar-refractivity contribution in [2.75, 3.05) is 0 Å². The average molecular weight is 168 g/mol. The molecule has 5 nitrogen and oxygen atoms in total. The van der Waals surface area contributed by atoms with Crippen molar-refractivity contribution in [1.82, 2.24) is 0 Å². The fraction of sp³-hybridized carbons (Fsp3) is 0.143. The summed E-state index contributed by atoms with van der Waals surface area (Å²) in [6, 6.07) is 5.04. The molecule has 2 N–H and O–H groups in total. The maximum absolute atomic E-state index is 11.0. The predicted octanol–water partition coefficient (Wildman–Crippen LogP) is -1.12. The lowest BCUT2D eigenvalue weighted by Crippen LogP contribution is -3.15. The van der Waals surface area contributed by atoms with Crippen molar-refractivity contribution in [1.29, 1.82) is 0 Å². The van der Waals surface area contributed by atoms with Gasteiger partial charge in [0.15, 0.2) is 0 Å². The summed E-state index contributed by atoms with van der Waals surface area (Å²) in [7, 11) is 0. The summed E-state index contributed by atoms with van der Waals surface area (Å²) >= 11 is 0. The second kappa shape index (κ2) is 2.51. The highest BCUT2D eigenvalue weighted by molar-refractivity contribution is 5.53. The Hall–Kier alpha value is -0.980. The van der Waals surface area contributed by atoms with Gasteiger partial charge in [0.1, 0.15) is 0 Å². The SMILES string of the molecule is Cc1ccc2c(c1)[NH+]([O-])O[NH+]2[O-]. The fourth-order valence-electron chi connectivity index (χ4n) is 1.20. The second-order valence-corrected chi connectivity index (χ2v) is 2.73. The van der Waals surface area contributed by atoms with Crippen molar-refractivity contribution in [2.24, 2.45) is 0 Å². The van der Waals surface area contributed by atoms with Gasteiger partial charge in [0.25, 0.3) is 0 Å². The van der Waals surface area contributed by atoms with E-state index in [0.717, 1.165) is 5.56 Å². The Labute approximate surface area is 68.8 Å². The van der Waals surface area contributed by atoms with Crippen LogP contribution in [0, 0.1) is 17.3 Å². The van der Waals surface area contributed by atoms with Crippen LogP contribution in [0.3, 0.4) is 0 Å². The molecule has 64 valence electrons. The number of benzene rings is 1. The van der Waals surface area contributed by atoms with Gasteiger partial charge in [-0.1, -0.05) is 6.07 Å². The van der Waals surface area contributed by atoms with Crippen molar-refractivity contribution >= 4 is 11.4 Å². The van der Waals surface area contributed by atoms with Crippen LogP contribution in [0.5, 0.6) is 0 Å². The zero-order chi connectivity index (χ0) is 8.72. The van der Waals surface area contributed by atoms with Crippen LogP contribution in [-0.4, -0.2) is 0 Å². The number of rotatable bonds is 0. The number of hydrogen-bond donors (Lipinski definition) is 2. The number of quaternary nitrogens is 2. The van der Waals surface area contributed by atoms with Gasteiger partial charge in [-0.25, -0.2) is 0 Å². The largest absolute Gasteiger partial charge is 0.590 e. The molecule has 5 heteroatoms. The van der Waals surface area contributed by atoms with E-state index < -0.39 is 10.5 Å². The Balaban J connectivity index is 2.53. The van der Waals surface area contributed by atoms with Crippen molar-refractivity contribution in [3.05, 3.63) is 34.2 Å². The summed E-state index contributed by atoms with van der Waals surface area (Å²) in [5, 5.41) is 20.8. The van der Waals surface area contributed by atoms with Gasteiger partial charge in [-0.15, -0.1) is 10.5 Å². The Morgan fingerprint density at radius 1 is 1.17 bits per heavy atom. The van der Waals surface area contributed by atoms with Gasteiger partial charge >= 0.3 is 0 Å². The summed E-state index contributed by atoms with van der Waals surface area (Å²) < 4.78 is 0. The molecule has 2 atom stereocenters. The van der Waals surface area contributed by atoms with E-state index in [1.54, 1.807) is 18.2 Å². The van der Waals surface area contributed by atoms with Crippen LogP contribution >= 0.6 is 0 Å². The Kier molecular flexibility index (Phi) is 1.60. The zero-order valence-corrected chi connectivity index (χ0v) is 6.46. The second-order valence-electron chi connectivity index (χ2n) is 2.73. The molecule has 12 heavy (non-hydrogen) atoms. The molecule has 1 aliphatic rings. The van der Waals surface area contributed by atoms with E-state index in [4.69, 9.17) is 0 Å². The molecule has 0 radical (unpaired) electrons. The Morgan fingerprint density at radius 3 is 2.58 bits per heavy atom. The Bertz CT molecular complexity index is 316. The van der Waals surface area contributed by atoms with Crippen LogP contribution in [0.15, 0.2) is 18.2 Å². The molecular formula is C7H8N2O3. The standard InChI is InChI=1S/C7H8N2O3/c1-5-2-3-6-7(4-5)9(11)12-8(6)10/h2-4,8-9H,1H3. The topological polar surface area (TPSA) is 64.2 Å². The van der Waals surface area contributed by atoms with Crippen LogP contribution in [0.2, 0.25) is 0 Å². The maximum atomic E-state index is 11.0. The van der Waals surface area contributed by atoms with E-state index in [1.165, 1.54) is 0 Å². The molecule has 1 heterocycles. The summed E-state index contributed by atoms with van der Waals surface area (Å²) in [4.78, 5) is 4.41. The van der Waals surface area contributed by atoms with Crippen molar-refractivity contribution in [3.63, 3.8) is 0 Å². The first kappa shape index (κ1) is 7.66. The van der Waals surface area contributed by atoms with Crippen molar-refractivity contribution < 1.29 is 15.4 Å². The monoisotopic (exact) mass is 168 g/mol. The molecule has 1 aliphatic heterocycles. The molecule has 1 aromatic rings. The third kappa shape index (κ3) is 1.01. The Morgan fingerprint density at radius 2 is 1.83 bits per heavy atom. The molecular weight excluding hydrogens is 160 g/mol. The number of nitrogens with one attached hydrogen (secondary N) is 2. The van der Waals surface area contributed by atoms with Crippen LogP contribution in [0.1, 0.15) is 5.56 Å². The van der Waals surface area contributed by atoms with E-state index in [9.17, 15) is 10.4 Å². The molecule has 0 spiro atoms. The lowest BCUT2D eigenvalue weighted by Gasteiger charge is -2.10. The van der Waals surface area contributed by atoms with E-state index in [0.29, 0.717) is 11.4 Å². The minimum absolute atomic E-state index is 0.366. The summed E-state index contributed by atoms with van der Waals surface area (Å²) in [5.74, 6) is 0. The first-order valence-corrected chi connectivity index (χ1v) is 3.55. The van der Waals surface area contributed by atoms with Gasteiger partial charge in [0.2, 0.25) is 11.4 Å². The van der Waals surface area contributed by atoms with Crippen molar-refractivity contribution in [3.8, 4) is 0 Å². The average Bonchev–Trinajstić information content (AvgIpc) is 2.28. The summed E-state index contributed by atoms with van der Waals surface area (Å²) in [5.41, 5.74) is 1.69. The highest BCUT2D eigenvalue weighted by Gasteiger charge is 2.28. The first-order chi connectivity index (χ1) is 5.68. The van der Waals surface area contributed by atoms with Crippen LogP contribution in [0.4, 0.5) is 11.4 Å². The molecule has 0 amide bonds. The van der Waals surface area contributed by atoms with Gasteiger partial charge in [0.05, 0.1) is 0 Å². The minimum atomic E-state index is -0.546. The van der Waals surface area contributed by atoms with E-state index in [2.05, 4.69) is 4.94 Å². The van der Waals surface area contributed by atoms with E-state index in [1.807, 2.05) is 6.92 Å². The molecule has 2 unspecified atom stereocenters. The highest BCUT2D eigenvalue weighted by atomic mass is 17.1. The maximum Gasteiger partial charge on any atom is 0.234 e. The zero-order valence-electron chi connectivity index (χ0n) is 6.46. The summed E-state index contributed by atoms with van der Waals surface area (Å²) in [6.45, 7) is 1.86. The minimum Gasteiger partial charge on any atom is -0.590 e. The van der Waals surface area contributed by atoms with E-state index >= 15 is 0 Å². The normalized spacial score (nSPS) is 27.2. The predicted molar refractivity (Wildman–Crippen MR) is 40.2 cm³/mol. The van der Waals surface area contributed by atoms with Gasteiger partial charge in [0, 0.05) is 17.1 Å². The molecule has 0 aliphatic carbocycles. The lowest BCUT2D eigenvalue weighted by atomic mass is 10.2. The van der Waals surface area contributed by atoms with Crippen molar-refractivity contribution in [2.45, 2.75) is 6.92 Å². The molecule has 2 rings (SSSR count). The summed E-state index contributed by atoms with van der Waals surface area (Å²) in [6.07, 6.45) is 0. The number of aryl methyl sites for hydroxylation is 1. The van der Waals surface area contributed by atoms with Gasteiger partial charge in [-0.2, -0.15) is 0 Å². The third-order valence-electron chi connectivity index (χ3n) is 1.80. The highest BCUT2D eigenvalue weighted by Crippen LogP contribution is 2.17. The molecule has 0 bridgehead atoms. The number of hydrogen-bond acceptors (Lipinski definition) is 3. The molecule has 0 saturated carbocycles. The first-order valence-electron chi connectivity index (χ1n) is 3.55. The van der Waals surface area contributed by atoms with Gasteiger partial charge in [-0.3, -0.25) is 0 Å². The van der Waals surface area contributed by atoms with Gasteiger partial charge in [-0.05, 0) is 12.5 Å². The van der Waals surface area contributed by atoms with Crippen LogP contribution in [0.25, 0.3) is 0 Å². The molecule has 0 fully saturated rings.